The minimum absolute atomic E-state index is 0.0471. The number of likely N-dealkylation sites (N-methyl/N-ethyl adjacent to an activating group) is 1. The molecule has 0 aliphatic carbocycles. The second kappa shape index (κ2) is 7.54. The number of amides is 1. The summed E-state index contributed by atoms with van der Waals surface area (Å²) in [6.45, 7) is 0.572. The fourth-order valence-electron chi connectivity index (χ4n) is 2.01. The molecular formula is C15H16Br2N2OS. The number of nitrogens with zero attached hydrogens (tertiary/aromatic N) is 1. The average molecular weight is 432 g/mol. The molecule has 0 saturated carbocycles. The first-order chi connectivity index (χ1) is 9.99. The van der Waals surface area contributed by atoms with Crippen LogP contribution in [-0.4, -0.2) is 31.4 Å². The Kier molecular flexibility index (Phi) is 5.98. The van der Waals surface area contributed by atoms with E-state index in [0.29, 0.717) is 11.4 Å². The molecule has 2 aromatic rings. The second-order valence-electron chi connectivity index (χ2n) is 4.83. The van der Waals surface area contributed by atoms with Crippen molar-refractivity contribution in [3.63, 3.8) is 0 Å². The van der Waals surface area contributed by atoms with Crippen molar-refractivity contribution in [2.45, 2.75) is 6.04 Å². The lowest BCUT2D eigenvalue weighted by Gasteiger charge is -2.25. The lowest BCUT2D eigenvalue weighted by Crippen LogP contribution is -2.34. The zero-order chi connectivity index (χ0) is 15.4. The van der Waals surface area contributed by atoms with Crippen molar-refractivity contribution in [2.75, 3.05) is 20.6 Å². The number of thiophene rings is 1. The topological polar surface area (TPSA) is 32.3 Å². The van der Waals surface area contributed by atoms with Crippen LogP contribution in [0.1, 0.15) is 21.3 Å². The number of hydrogen-bond acceptors (Lipinski definition) is 3. The molecule has 1 aromatic heterocycles. The van der Waals surface area contributed by atoms with E-state index >= 15 is 0 Å². The van der Waals surface area contributed by atoms with Crippen molar-refractivity contribution in [1.29, 1.82) is 0 Å². The molecule has 1 heterocycles. The maximum absolute atomic E-state index is 12.2. The van der Waals surface area contributed by atoms with Gasteiger partial charge in [0.2, 0.25) is 0 Å². The number of carbonyl (C=O) groups excluding carboxylic acids is 1. The third kappa shape index (κ3) is 4.39. The number of carbonyl (C=O) groups is 1. The lowest BCUT2D eigenvalue weighted by molar-refractivity contribution is 0.0946. The van der Waals surface area contributed by atoms with Crippen molar-refractivity contribution < 1.29 is 4.79 Å². The van der Waals surface area contributed by atoms with Crippen LogP contribution >= 0.6 is 43.2 Å². The van der Waals surface area contributed by atoms with Crippen molar-refractivity contribution >= 4 is 49.1 Å². The van der Waals surface area contributed by atoms with Crippen LogP contribution in [0.25, 0.3) is 0 Å². The summed E-state index contributed by atoms with van der Waals surface area (Å²) in [5.41, 5.74) is 1.19. The van der Waals surface area contributed by atoms with Gasteiger partial charge in [0.05, 0.1) is 14.7 Å². The normalized spacial score (nSPS) is 12.4. The highest BCUT2D eigenvalue weighted by Gasteiger charge is 2.17. The largest absolute Gasteiger partial charge is 0.349 e. The molecular weight excluding hydrogens is 416 g/mol. The number of rotatable bonds is 5. The van der Waals surface area contributed by atoms with Gasteiger partial charge in [-0.15, -0.1) is 11.3 Å². The van der Waals surface area contributed by atoms with Crippen LogP contribution in [-0.2, 0) is 0 Å². The van der Waals surface area contributed by atoms with Gasteiger partial charge in [-0.05, 0) is 57.6 Å². The number of benzene rings is 1. The zero-order valence-electron chi connectivity index (χ0n) is 11.8. The summed E-state index contributed by atoms with van der Waals surface area (Å²) in [6.07, 6.45) is 0. The van der Waals surface area contributed by atoms with Gasteiger partial charge in [-0.1, -0.05) is 30.3 Å². The maximum atomic E-state index is 12.2. The van der Waals surface area contributed by atoms with Crippen LogP contribution in [0, 0.1) is 0 Å². The lowest BCUT2D eigenvalue weighted by atomic mass is 10.1. The van der Waals surface area contributed by atoms with Crippen LogP contribution in [0.15, 0.2) is 44.7 Å². The number of hydrogen-bond donors (Lipinski definition) is 1. The predicted molar refractivity (Wildman–Crippen MR) is 94.9 cm³/mol. The van der Waals surface area contributed by atoms with Crippen LogP contribution in [0.3, 0.4) is 0 Å². The Labute approximate surface area is 145 Å². The molecule has 0 saturated heterocycles. The van der Waals surface area contributed by atoms with Crippen LogP contribution in [0.4, 0.5) is 0 Å². The minimum Gasteiger partial charge on any atom is -0.349 e. The van der Waals surface area contributed by atoms with Crippen LogP contribution in [0.5, 0.6) is 0 Å². The molecule has 21 heavy (non-hydrogen) atoms. The van der Waals surface area contributed by atoms with Crippen molar-refractivity contribution in [3.05, 3.63) is 55.1 Å². The Hall–Kier alpha value is -0.690. The Balaban J connectivity index is 2.04. The van der Waals surface area contributed by atoms with E-state index < -0.39 is 0 Å². The van der Waals surface area contributed by atoms with Crippen molar-refractivity contribution in [2.24, 2.45) is 0 Å². The van der Waals surface area contributed by atoms with E-state index in [1.807, 2.05) is 38.4 Å². The molecule has 1 aromatic carbocycles. The molecule has 112 valence electrons. The van der Waals surface area contributed by atoms with Gasteiger partial charge < -0.3 is 10.2 Å². The molecule has 2 rings (SSSR count). The van der Waals surface area contributed by atoms with Gasteiger partial charge in [0, 0.05) is 11.0 Å². The quantitative estimate of drug-likeness (QED) is 0.764. The first-order valence-corrected chi connectivity index (χ1v) is 8.83. The average Bonchev–Trinajstić information content (AvgIpc) is 2.79. The molecule has 3 nitrogen and oxygen atoms in total. The van der Waals surface area contributed by atoms with Gasteiger partial charge in [-0.3, -0.25) is 4.79 Å². The highest BCUT2D eigenvalue weighted by atomic mass is 79.9. The molecule has 1 unspecified atom stereocenters. The van der Waals surface area contributed by atoms with Gasteiger partial charge in [-0.2, -0.15) is 0 Å². The summed E-state index contributed by atoms with van der Waals surface area (Å²) in [4.78, 5) is 15.0. The Morgan fingerprint density at radius 3 is 2.48 bits per heavy atom. The number of halogens is 2. The summed E-state index contributed by atoms with van der Waals surface area (Å²) in [5.74, 6) is -0.0471. The van der Waals surface area contributed by atoms with Gasteiger partial charge in [0.15, 0.2) is 0 Å². The molecule has 1 amide bonds. The minimum atomic E-state index is -0.0471. The van der Waals surface area contributed by atoms with E-state index in [9.17, 15) is 4.79 Å². The molecule has 0 radical (unpaired) electrons. The van der Waals surface area contributed by atoms with Gasteiger partial charge in [-0.25, -0.2) is 0 Å². The SMILES string of the molecule is CN(C)C(CNC(=O)c1cc(Br)c(Br)s1)c1ccccc1. The Bertz CT molecular complexity index is 594. The van der Waals surface area contributed by atoms with Crippen LogP contribution in [0.2, 0.25) is 0 Å². The zero-order valence-corrected chi connectivity index (χ0v) is 15.8. The maximum Gasteiger partial charge on any atom is 0.261 e. The second-order valence-corrected chi connectivity index (χ2v) is 8.06. The van der Waals surface area contributed by atoms with Gasteiger partial charge in [0.25, 0.3) is 5.91 Å². The predicted octanol–water partition coefficient (Wildman–Crippen LogP) is 4.31. The summed E-state index contributed by atoms with van der Waals surface area (Å²) >= 11 is 8.23. The van der Waals surface area contributed by atoms with Gasteiger partial charge in [0.1, 0.15) is 0 Å². The Morgan fingerprint density at radius 1 is 1.29 bits per heavy atom. The molecule has 0 spiro atoms. The summed E-state index contributed by atoms with van der Waals surface area (Å²) in [6, 6.07) is 12.2. The highest BCUT2D eigenvalue weighted by molar-refractivity contribution is 9.13. The standard InChI is InChI=1S/C15H16Br2N2OS/c1-19(2)12(10-6-4-3-5-7-10)9-18-15(20)13-8-11(16)14(17)21-13/h3-8,12H,9H2,1-2H3,(H,18,20). The fraction of sp³-hybridized carbons (Fsp3) is 0.267. The van der Waals surface area contributed by atoms with Crippen LogP contribution < -0.4 is 5.32 Å². The van der Waals surface area contributed by atoms with E-state index in [-0.39, 0.29) is 11.9 Å². The Morgan fingerprint density at radius 2 is 1.95 bits per heavy atom. The molecule has 0 bridgehead atoms. The van der Waals surface area contributed by atoms with E-state index in [1.165, 1.54) is 16.9 Å². The molecule has 0 aliphatic heterocycles. The summed E-state index contributed by atoms with van der Waals surface area (Å²) < 4.78 is 1.84. The summed E-state index contributed by atoms with van der Waals surface area (Å²) in [5, 5.41) is 3.01. The smallest absolute Gasteiger partial charge is 0.261 e. The first-order valence-electron chi connectivity index (χ1n) is 6.43. The highest BCUT2D eigenvalue weighted by Crippen LogP contribution is 2.32. The van der Waals surface area contributed by atoms with E-state index in [4.69, 9.17) is 0 Å². The third-order valence-electron chi connectivity index (χ3n) is 3.13. The molecule has 1 N–H and O–H groups in total. The molecule has 0 aliphatic rings. The van der Waals surface area contributed by atoms with E-state index in [1.54, 1.807) is 0 Å². The third-order valence-corrected chi connectivity index (χ3v) is 6.39. The van der Waals surface area contributed by atoms with Gasteiger partial charge >= 0.3 is 0 Å². The van der Waals surface area contributed by atoms with E-state index in [2.05, 4.69) is 54.2 Å². The van der Waals surface area contributed by atoms with Crippen molar-refractivity contribution in [3.8, 4) is 0 Å². The number of nitrogens with one attached hydrogen (secondary N) is 1. The monoisotopic (exact) mass is 430 g/mol. The van der Waals surface area contributed by atoms with E-state index in [0.717, 1.165) is 8.26 Å². The fourth-order valence-corrected chi connectivity index (χ4v) is 3.96. The molecule has 1 atom stereocenters. The van der Waals surface area contributed by atoms with Crippen molar-refractivity contribution in [1.82, 2.24) is 10.2 Å². The molecule has 0 fully saturated rings. The summed E-state index contributed by atoms with van der Waals surface area (Å²) in [7, 11) is 4.03. The first kappa shape index (κ1) is 16.7. The molecule has 6 heteroatoms.